The number of nitrogens with zero attached hydrogens (tertiary/aromatic N) is 1. The van der Waals surface area contributed by atoms with Crippen molar-refractivity contribution in [3.05, 3.63) is 41.1 Å². The molecule has 8 heteroatoms. The van der Waals surface area contributed by atoms with Gasteiger partial charge < -0.3 is 14.2 Å². The molecule has 0 fully saturated rings. The third-order valence-electron chi connectivity index (χ3n) is 4.48. The number of rotatable bonds is 6. The highest BCUT2D eigenvalue weighted by Crippen LogP contribution is 2.33. The average Bonchev–Trinajstić information content (AvgIpc) is 2.70. The van der Waals surface area contributed by atoms with Crippen LogP contribution >= 0.6 is 11.8 Å². The molecule has 0 spiro atoms. The van der Waals surface area contributed by atoms with Crippen molar-refractivity contribution in [1.29, 1.82) is 0 Å². The zero-order chi connectivity index (χ0) is 20.8. The molecule has 0 saturated heterocycles. The molecule has 7 nitrogen and oxygen atoms in total. The standard InChI is InChI=1S/C20H23NO6S/c1-11-15(18(22)25-3)17(16(12(2)21-11)19(23)26-4)20(24)27-10-13-6-8-14(28-5)9-7-13/h6-9,15,17H,10H2,1-5H3/t15?,17-/m0/s1. The maximum atomic E-state index is 12.9. The fourth-order valence-corrected chi connectivity index (χ4v) is 3.47. The highest BCUT2D eigenvalue weighted by atomic mass is 32.2. The Bertz CT molecular complexity index is 828. The minimum atomic E-state index is -1.18. The number of carbonyl (C=O) groups excluding carboxylic acids is 3. The molecule has 0 amide bonds. The zero-order valence-electron chi connectivity index (χ0n) is 16.5. The molecule has 1 aliphatic heterocycles. The van der Waals surface area contributed by atoms with Crippen LogP contribution < -0.4 is 0 Å². The van der Waals surface area contributed by atoms with Crippen LogP contribution in [0.4, 0.5) is 0 Å². The van der Waals surface area contributed by atoms with Gasteiger partial charge in [0.2, 0.25) is 0 Å². The highest BCUT2D eigenvalue weighted by molar-refractivity contribution is 7.98. The van der Waals surface area contributed by atoms with Crippen molar-refractivity contribution in [2.24, 2.45) is 16.8 Å². The van der Waals surface area contributed by atoms with Crippen LogP contribution in [-0.4, -0.2) is 44.1 Å². The van der Waals surface area contributed by atoms with Gasteiger partial charge in [-0.25, -0.2) is 4.79 Å². The predicted octanol–water partition coefficient (Wildman–Crippen LogP) is 2.78. The van der Waals surface area contributed by atoms with Crippen molar-refractivity contribution in [3.8, 4) is 0 Å². The van der Waals surface area contributed by atoms with E-state index in [4.69, 9.17) is 14.2 Å². The van der Waals surface area contributed by atoms with Crippen LogP contribution in [0.2, 0.25) is 0 Å². The van der Waals surface area contributed by atoms with E-state index in [0.29, 0.717) is 11.4 Å². The van der Waals surface area contributed by atoms with E-state index >= 15 is 0 Å². The first kappa shape index (κ1) is 21.7. The number of methoxy groups -OCH3 is 2. The van der Waals surface area contributed by atoms with E-state index < -0.39 is 29.7 Å². The van der Waals surface area contributed by atoms with Crippen molar-refractivity contribution < 1.29 is 28.6 Å². The van der Waals surface area contributed by atoms with E-state index in [1.807, 2.05) is 30.5 Å². The summed E-state index contributed by atoms with van der Waals surface area (Å²) in [6, 6.07) is 7.55. The Morgan fingerprint density at radius 2 is 1.64 bits per heavy atom. The number of thioether (sulfide) groups is 1. The minimum Gasteiger partial charge on any atom is -0.468 e. The lowest BCUT2D eigenvalue weighted by Gasteiger charge is -2.29. The van der Waals surface area contributed by atoms with Crippen LogP contribution in [0, 0.1) is 11.8 Å². The monoisotopic (exact) mass is 405 g/mol. The lowest BCUT2D eigenvalue weighted by Crippen LogP contribution is -2.42. The first-order valence-electron chi connectivity index (χ1n) is 8.55. The first-order valence-corrected chi connectivity index (χ1v) is 9.78. The predicted molar refractivity (Wildman–Crippen MR) is 105 cm³/mol. The average molecular weight is 405 g/mol. The Hall–Kier alpha value is -2.61. The fraction of sp³-hybridized carbons (Fsp3) is 0.400. The summed E-state index contributed by atoms with van der Waals surface area (Å²) in [7, 11) is 2.42. The molecule has 0 aromatic heterocycles. The molecule has 0 bridgehead atoms. The highest BCUT2D eigenvalue weighted by Gasteiger charge is 2.46. The molecule has 0 radical (unpaired) electrons. The SMILES string of the molecule is COC(=O)C1=C(C)N=C(C)C(C(=O)OC)[C@@H]1C(=O)OCc1ccc(SC)cc1. The molecule has 1 unspecified atom stereocenters. The van der Waals surface area contributed by atoms with Crippen LogP contribution in [0.5, 0.6) is 0 Å². The van der Waals surface area contributed by atoms with E-state index in [2.05, 4.69) is 4.99 Å². The normalized spacial score (nSPS) is 19.0. The second kappa shape index (κ2) is 9.54. The minimum absolute atomic E-state index is 0.00577. The van der Waals surface area contributed by atoms with Gasteiger partial charge in [-0.1, -0.05) is 12.1 Å². The summed E-state index contributed by atoms with van der Waals surface area (Å²) in [5.74, 6) is -4.33. The van der Waals surface area contributed by atoms with E-state index in [1.54, 1.807) is 25.6 Å². The second-order valence-corrected chi connectivity index (χ2v) is 7.06. The molecule has 2 rings (SSSR count). The van der Waals surface area contributed by atoms with Crippen molar-refractivity contribution in [2.75, 3.05) is 20.5 Å². The summed E-state index contributed by atoms with van der Waals surface area (Å²) < 4.78 is 15.1. The van der Waals surface area contributed by atoms with E-state index in [1.165, 1.54) is 14.2 Å². The summed E-state index contributed by atoms with van der Waals surface area (Å²) in [6.07, 6.45) is 1.97. The van der Waals surface area contributed by atoms with Gasteiger partial charge in [0.1, 0.15) is 18.4 Å². The molecule has 1 aromatic rings. The number of benzene rings is 1. The van der Waals surface area contributed by atoms with Gasteiger partial charge in [0, 0.05) is 16.3 Å². The number of hydrogen-bond acceptors (Lipinski definition) is 8. The summed E-state index contributed by atoms with van der Waals surface area (Å²) in [5.41, 5.74) is 1.49. The Balaban J connectivity index is 2.31. The molecule has 0 N–H and O–H groups in total. The number of aliphatic imine (C=N–C) groups is 1. The zero-order valence-corrected chi connectivity index (χ0v) is 17.3. The molecule has 1 heterocycles. The number of esters is 3. The second-order valence-electron chi connectivity index (χ2n) is 6.18. The van der Waals surface area contributed by atoms with E-state index in [0.717, 1.165) is 10.5 Å². The van der Waals surface area contributed by atoms with E-state index in [-0.39, 0.29) is 12.2 Å². The lowest BCUT2D eigenvalue weighted by atomic mass is 9.80. The van der Waals surface area contributed by atoms with Gasteiger partial charge >= 0.3 is 17.9 Å². The van der Waals surface area contributed by atoms with Gasteiger partial charge in [-0.2, -0.15) is 0 Å². The van der Waals surface area contributed by atoms with Gasteiger partial charge in [0.05, 0.1) is 19.8 Å². The first-order chi connectivity index (χ1) is 13.3. The lowest BCUT2D eigenvalue weighted by molar-refractivity contribution is -0.157. The molecular formula is C20H23NO6S. The number of ether oxygens (including phenoxy) is 3. The Labute approximate surface area is 168 Å². The summed E-state index contributed by atoms with van der Waals surface area (Å²) in [5, 5.41) is 0. The maximum absolute atomic E-state index is 12.9. The molecular weight excluding hydrogens is 382 g/mol. The van der Waals surface area contributed by atoms with Crippen molar-refractivity contribution in [2.45, 2.75) is 25.3 Å². The van der Waals surface area contributed by atoms with Crippen molar-refractivity contribution in [3.63, 3.8) is 0 Å². The van der Waals surface area contributed by atoms with Crippen LogP contribution in [0.15, 0.2) is 45.4 Å². The molecule has 0 aliphatic carbocycles. The van der Waals surface area contributed by atoms with E-state index in [9.17, 15) is 14.4 Å². The topological polar surface area (TPSA) is 91.3 Å². The van der Waals surface area contributed by atoms with Crippen LogP contribution in [0.1, 0.15) is 19.4 Å². The third kappa shape index (κ3) is 4.62. The molecule has 150 valence electrons. The summed E-state index contributed by atoms with van der Waals surface area (Å²) in [4.78, 5) is 42.8. The third-order valence-corrected chi connectivity index (χ3v) is 5.23. The van der Waals surface area contributed by atoms with Crippen molar-refractivity contribution in [1.82, 2.24) is 0 Å². The maximum Gasteiger partial charge on any atom is 0.336 e. The Morgan fingerprint density at radius 3 is 2.18 bits per heavy atom. The fourth-order valence-electron chi connectivity index (χ4n) is 3.07. The van der Waals surface area contributed by atoms with Crippen LogP contribution in [0.25, 0.3) is 0 Å². The smallest absolute Gasteiger partial charge is 0.336 e. The Morgan fingerprint density at radius 1 is 1.00 bits per heavy atom. The molecule has 1 aliphatic rings. The van der Waals surface area contributed by atoms with Crippen LogP contribution in [-0.2, 0) is 35.2 Å². The van der Waals surface area contributed by atoms with Crippen molar-refractivity contribution >= 4 is 35.4 Å². The number of allylic oxidation sites excluding steroid dienone is 1. The molecule has 1 aromatic carbocycles. The summed E-state index contributed by atoms with van der Waals surface area (Å²) in [6.45, 7) is 3.22. The van der Waals surface area contributed by atoms with Gasteiger partial charge in [0.25, 0.3) is 0 Å². The largest absolute Gasteiger partial charge is 0.468 e. The molecule has 2 atom stereocenters. The summed E-state index contributed by atoms with van der Waals surface area (Å²) >= 11 is 1.61. The molecule has 28 heavy (non-hydrogen) atoms. The number of hydrogen-bond donors (Lipinski definition) is 0. The van der Waals surface area contributed by atoms with Gasteiger partial charge in [0.15, 0.2) is 0 Å². The number of carbonyl (C=O) groups is 3. The van der Waals surface area contributed by atoms with Gasteiger partial charge in [-0.3, -0.25) is 14.6 Å². The quantitative estimate of drug-likeness (QED) is 0.408. The Kier molecular flexibility index (Phi) is 7.39. The van der Waals surface area contributed by atoms with Gasteiger partial charge in [-0.15, -0.1) is 11.8 Å². The molecule has 0 saturated carbocycles. The van der Waals surface area contributed by atoms with Gasteiger partial charge in [-0.05, 0) is 37.8 Å². The van der Waals surface area contributed by atoms with Crippen LogP contribution in [0.3, 0.4) is 0 Å².